The molecule has 8 nitrogen and oxygen atoms in total. The van der Waals surface area contributed by atoms with E-state index in [4.69, 9.17) is 0 Å². The Balaban J connectivity index is 0.000000117. The van der Waals surface area contributed by atoms with Crippen LogP contribution in [0.3, 0.4) is 0 Å². The number of benzene rings is 13. The number of Topliss-reactive ketones (excluding diaryl/α,β-unsaturated/α-hetero) is 6. The molecule has 13 aromatic carbocycles. The first kappa shape index (κ1) is 57.7. The van der Waals surface area contributed by atoms with E-state index in [1.165, 1.54) is 0 Å². The second-order valence-corrected chi connectivity index (χ2v) is 21.7. The Morgan fingerprint density at radius 2 is 0.438 bits per heavy atom. The van der Waals surface area contributed by atoms with Crippen LogP contribution in [0.1, 0.15) is 81.4 Å². The van der Waals surface area contributed by atoms with Crippen LogP contribution in [-0.2, 0) is 0 Å². The molecule has 0 aliphatic heterocycles. The molecule has 0 N–H and O–H groups in total. The van der Waals surface area contributed by atoms with Crippen LogP contribution in [0.25, 0.3) is 86.4 Å². The highest BCUT2D eigenvalue weighted by Crippen LogP contribution is 2.25. The lowest BCUT2D eigenvalue weighted by Crippen LogP contribution is -2.08. The molecule has 0 saturated carbocycles. The van der Waals surface area contributed by atoms with Crippen molar-refractivity contribution in [2.24, 2.45) is 0 Å². The fraction of sp³-hybridized carbons (Fsp3) is 0.0370. The maximum atomic E-state index is 12.5. The van der Waals surface area contributed by atoms with Crippen molar-refractivity contribution in [3.63, 3.8) is 0 Å². The highest BCUT2D eigenvalue weighted by molar-refractivity contribution is 6.17. The molecule has 2 aromatic heterocycles. The lowest BCUT2D eigenvalue weighted by molar-refractivity contribution is 0.0878. The van der Waals surface area contributed by atoms with Gasteiger partial charge in [0.2, 0.25) is 0 Å². The van der Waals surface area contributed by atoms with Crippen LogP contribution in [0.15, 0.2) is 304 Å². The molecule has 0 fully saturated rings. The number of carbonyl (C=O) groups is 6. The number of fused-ring (bicyclic) bond motifs is 9. The average molecular weight is 1150 g/mol. The number of hydrogen-bond donors (Lipinski definition) is 0. The number of hydrogen-bond acceptors (Lipinski definition) is 8. The van der Waals surface area contributed by atoms with E-state index in [1.807, 2.05) is 243 Å². The lowest BCUT2D eigenvalue weighted by atomic mass is 9.98. The van der Waals surface area contributed by atoms with Gasteiger partial charge in [0.15, 0.2) is 34.7 Å². The molecular weight excluding hydrogens is 1100 g/mol. The summed E-state index contributed by atoms with van der Waals surface area (Å²) in [6.45, 7) is 0. The van der Waals surface area contributed by atoms with Crippen LogP contribution in [-0.4, -0.2) is 44.7 Å². The quantitative estimate of drug-likeness (QED) is 0.0672. The van der Waals surface area contributed by atoms with Crippen LogP contribution < -0.4 is 0 Å². The van der Waals surface area contributed by atoms with Crippen molar-refractivity contribution in [2.75, 3.05) is 0 Å². The summed E-state index contributed by atoms with van der Waals surface area (Å²) in [6, 6.07) is 92.7. The number of ketones is 6. The highest BCUT2D eigenvalue weighted by atomic mass is 16.2. The van der Waals surface area contributed by atoms with Crippen molar-refractivity contribution >= 4 is 121 Å². The first-order valence-electron chi connectivity index (χ1n) is 29.3. The fourth-order valence-electron chi connectivity index (χ4n) is 10.9. The summed E-state index contributed by atoms with van der Waals surface area (Å²) in [4.78, 5) is 83.7. The Morgan fingerprint density at radius 3 is 0.719 bits per heavy atom. The maximum absolute atomic E-state index is 12.5. The van der Waals surface area contributed by atoms with E-state index in [0.717, 1.165) is 86.4 Å². The molecule has 0 spiro atoms. The molecule has 0 amide bonds. The highest BCUT2D eigenvalue weighted by Gasteiger charge is 2.18. The molecule has 89 heavy (non-hydrogen) atoms. The molecule has 8 heteroatoms. The van der Waals surface area contributed by atoms with Crippen molar-refractivity contribution in [2.45, 2.75) is 19.3 Å². The summed E-state index contributed by atoms with van der Waals surface area (Å²) in [5.41, 5.74) is 5.49. The Morgan fingerprint density at radius 1 is 0.213 bits per heavy atom. The molecule has 0 radical (unpaired) electrons. The maximum Gasteiger partial charge on any atom is 0.170 e. The van der Waals surface area contributed by atoms with Crippen molar-refractivity contribution in [1.82, 2.24) is 9.97 Å². The summed E-state index contributed by atoms with van der Waals surface area (Å²) >= 11 is 0. The molecule has 0 aliphatic rings. The van der Waals surface area contributed by atoms with Crippen LogP contribution >= 0.6 is 0 Å². The van der Waals surface area contributed by atoms with E-state index in [2.05, 4.69) is 28.2 Å². The number of nitrogens with zero attached hydrogens (tertiary/aromatic N) is 2. The molecule has 426 valence electrons. The van der Waals surface area contributed by atoms with Gasteiger partial charge in [-0.2, -0.15) is 0 Å². The SMILES string of the molecule is O=C(CC(=O)c1ccc2ccccc2c1)c1ccc2ccccc2c1.O=C(CC(=O)c1ccc2ccccc2c1)c1ccc2ccccc2c1.O=C(CC(=O)c1ccc2ccccc2c1)c1ccc2ccccc2c1.c1cnc2c(c1)ccc1ncccc12. The Labute approximate surface area is 513 Å². The van der Waals surface area contributed by atoms with Gasteiger partial charge in [-0.15, -0.1) is 0 Å². The first-order chi connectivity index (χ1) is 43.6. The van der Waals surface area contributed by atoms with Gasteiger partial charge in [-0.05, 0) is 125 Å². The predicted molar refractivity (Wildman–Crippen MR) is 361 cm³/mol. The molecular formula is C81H56N2O6. The molecule has 2 heterocycles. The van der Waals surface area contributed by atoms with Gasteiger partial charge in [0.25, 0.3) is 0 Å². The largest absolute Gasteiger partial charge is 0.294 e. The summed E-state index contributed by atoms with van der Waals surface area (Å²) in [7, 11) is 0. The molecule has 15 aromatic rings. The minimum absolute atomic E-state index is 0.114. The van der Waals surface area contributed by atoms with Crippen LogP contribution in [0.5, 0.6) is 0 Å². The normalized spacial score (nSPS) is 10.9. The van der Waals surface area contributed by atoms with Crippen molar-refractivity contribution in [1.29, 1.82) is 0 Å². The summed E-state index contributed by atoms with van der Waals surface area (Å²) in [5, 5.41) is 14.8. The predicted octanol–water partition coefficient (Wildman–Crippen LogP) is 19.1. The van der Waals surface area contributed by atoms with Crippen LogP contribution in [0.4, 0.5) is 0 Å². The second kappa shape index (κ2) is 26.7. The topological polar surface area (TPSA) is 128 Å². The molecule has 0 unspecified atom stereocenters. The summed E-state index contributed by atoms with van der Waals surface area (Å²) < 4.78 is 0. The fourth-order valence-corrected chi connectivity index (χ4v) is 10.9. The molecule has 0 saturated heterocycles. The Bertz CT molecular complexity index is 4470. The van der Waals surface area contributed by atoms with Crippen LogP contribution in [0.2, 0.25) is 0 Å². The van der Waals surface area contributed by atoms with Crippen molar-refractivity contribution in [3.05, 3.63) is 337 Å². The number of carbonyl (C=O) groups excluding carboxylic acids is 6. The van der Waals surface area contributed by atoms with Crippen molar-refractivity contribution < 1.29 is 28.8 Å². The zero-order valence-corrected chi connectivity index (χ0v) is 48.3. The number of pyridine rings is 2. The second-order valence-electron chi connectivity index (χ2n) is 21.7. The molecule has 0 aliphatic carbocycles. The van der Waals surface area contributed by atoms with E-state index < -0.39 is 0 Å². The zero-order valence-electron chi connectivity index (χ0n) is 48.3. The number of rotatable bonds is 12. The van der Waals surface area contributed by atoms with Gasteiger partial charge in [0.05, 0.1) is 30.3 Å². The van der Waals surface area contributed by atoms with E-state index in [9.17, 15) is 28.8 Å². The zero-order chi connectivity index (χ0) is 61.1. The van der Waals surface area contributed by atoms with Crippen molar-refractivity contribution in [3.8, 4) is 0 Å². The first-order valence-corrected chi connectivity index (χ1v) is 29.3. The van der Waals surface area contributed by atoms with Gasteiger partial charge in [-0.1, -0.05) is 231 Å². The van der Waals surface area contributed by atoms with Crippen LogP contribution in [0, 0.1) is 0 Å². The van der Waals surface area contributed by atoms with Gasteiger partial charge in [0, 0.05) is 56.5 Å². The lowest BCUT2D eigenvalue weighted by Gasteiger charge is -2.05. The molecule has 0 atom stereocenters. The Kier molecular flexibility index (Phi) is 17.3. The van der Waals surface area contributed by atoms with E-state index in [0.29, 0.717) is 33.4 Å². The molecule has 0 bridgehead atoms. The minimum Gasteiger partial charge on any atom is -0.294 e. The Hall–Kier alpha value is -11.7. The van der Waals surface area contributed by atoms with E-state index in [-0.39, 0.29) is 54.0 Å². The van der Waals surface area contributed by atoms with Gasteiger partial charge >= 0.3 is 0 Å². The average Bonchev–Trinajstić information content (AvgIpc) is 3.75. The monoisotopic (exact) mass is 1150 g/mol. The van der Waals surface area contributed by atoms with Gasteiger partial charge in [-0.25, -0.2) is 0 Å². The van der Waals surface area contributed by atoms with Gasteiger partial charge in [-0.3, -0.25) is 38.7 Å². The molecule has 15 rings (SSSR count). The smallest absolute Gasteiger partial charge is 0.170 e. The standard InChI is InChI=1S/3C23H16O2.C12H8N2/c3*24-22(20-11-9-16-5-1-3-7-18(16)13-20)15-23(25)21-12-10-17-6-2-4-8-19(17)14-21;1-3-9-5-6-11-10(4-2-7-13-11)12(9)14-8-1/h3*1-14H,15H2;1-8H. The van der Waals surface area contributed by atoms with Gasteiger partial charge < -0.3 is 0 Å². The van der Waals surface area contributed by atoms with E-state index >= 15 is 0 Å². The third-order valence-corrected chi connectivity index (χ3v) is 15.7. The van der Waals surface area contributed by atoms with E-state index in [1.54, 1.807) is 42.6 Å². The number of aromatic nitrogens is 2. The summed E-state index contributed by atoms with van der Waals surface area (Å²) in [6.07, 6.45) is 3.27. The third kappa shape index (κ3) is 13.7. The third-order valence-electron chi connectivity index (χ3n) is 15.7. The minimum atomic E-state index is -0.149. The summed E-state index contributed by atoms with van der Waals surface area (Å²) in [5.74, 6) is -0.895. The van der Waals surface area contributed by atoms with Gasteiger partial charge in [0.1, 0.15) is 0 Å².